The maximum atomic E-state index is 6.51. The van der Waals surface area contributed by atoms with Crippen molar-refractivity contribution < 1.29 is 0 Å². The third-order valence-corrected chi connectivity index (χ3v) is 6.27. The van der Waals surface area contributed by atoms with Crippen LogP contribution >= 0.6 is 0 Å². The highest BCUT2D eigenvalue weighted by atomic mass is 14.2. The van der Waals surface area contributed by atoms with E-state index in [9.17, 15) is 0 Å². The molecule has 3 aromatic rings. The molecule has 0 aliphatic carbocycles. The van der Waals surface area contributed by atoms with E-state index in [1.807, 2.05) is 0 Å². The Hall–Kier alpha value is -1.69. The number of benzene rings is 3. The van der Waals surface area contributed by atoms with Gasteiger partial charge in [-0.15, -0.1) is 0 Å². The Morgan fingerprint density at radius 1 is 0.538 bits per heavy atom. The summed E-state index contributed by atoms with van der Waals surface area (Å²) >= 11 is 0. The van der Waals surface area contributed by atoms with Crippen molar-refractivity contribution in [2.75, 3.05) is 0 Å². The van der Waals surface area contributed by atoms with Crippen LogP contribution < -0.4 is 10.9 Å². The van der Waals surface area contributed by atoms with Crippen LogP contribution in [-0.2, 0) is 25.7 Å². The van der Waals surface area contributed by atoms with Crippen LogP contribution in [0.3, 0.4) is 0 Å². The summed E-state index contributed by atoms with van der Waals surface area (Å²) in [7, 11) is 13.0. The summed E-state index contributed by atoms with van der Waals surface area (Å²) < 4.78 is 0. The van der Waals surface area contributed by atoms with Crippen LogP contribution in [0.5, 0.6) is 0 Å². The molecule has 2 heteroatoms. The van der Waals surface area contributed by atoms with Gasteiger partial charge in [-0.3, -0.25) is 0 Å². The molecule has 0 saturated heterocycles. The van der Waals surface area contributed by atoms with Gasteiger partial charge >= 0.3 is 0 Å². The SMILES string of the molecule is [B]c1c(C)c(C)c([B])c2cc3c(CC)c(CC)c(CC)c(CC)c3cc12. The molecule has 0 saturated carbocycles. The average Bonchev–Trinajstić information content (AvgIpc) is 2.67. The summed E-state index contributed by atoms with van der Waals surface area (Å²) in [6, 6.07) is 4.61. The van der Waals surface area contributed by atoms with Crippen molar-refractivity contribution in [3.63, 3.8) is 0 Å². The lowest BCUT2D eigenvalue weighted by molar-refractivity contribution is 0.961. The van der Waals surface area contributed by atoms with Gasteiger partial charge in [0.2, 0.25) is 0 Å². The first-order valence-electron chi connectivity index (χ1n) is 9.97. The zero-order valence-corrected chi connectivity index (χ0v) is 17.1. The Morgan fingerprint density at radius 3 is 1.12 bits per heavy atom. The molecule has 3 aromatic carbocycles. The molecule has 0 fully saturated rings. The molecule has 130 valence electrons. The Morgan fingerprint density at radius 2 is 0.846 bits per heavy atom. The molecule has 0 N–H and O–H groups in total. The van der Waals surface area contributed by atoms with Crippen molar-refractivity contribution >= 4 is 48.2 Å². The summed E-state index contributed by atoms with van der Waals surface area (Å²) in [4.78, 5) is 0. The van der Waals surface area contributed by atoms with Crippen LogP contribution in [0.25, 0.3) is 21.5 Å². The van der Waals surface area contributed by atoms with Crippen LogP contribution in [0.2, 0.25) is 0 Å². The summed E-state index contributed by atoms with van der Waals surface area (Å²) in [5.41, 5.74) is 9.97. The second-order valence-corrected chi connectivity index (χ2v) is 7.35. The zero-order valence-electron chi connectivity index (χ0n) is 17.1. The highest BCUT2D eigenvalue weighted by molar-refractivity contribution is 6.47. The number of fused-ring (bicyclic) bond motifs is 2. The Bertz CT molecular complexity index is 931. The van der Waals surface area contributed by atoms with E-state index in [-0.39, 0.29) is 0 Å². The predicted molar refractivity (Wildman–Crippen MR) is 119 cm³/mol. The molecule has 0 aromatic heterocycles. The molecule has 0 aliphatic rings. The highest BCUT2D eigenvalue weighted by Gasteiger charge is 2.18. The van der Waals surface area contributed by atoms with Crippen molar-refractivity contribution in [2.45, 2.75) is 67.2 Å². The molecule has 0 spiro atoms. The smallest absolute Gasteiger partial charge is 0.0859 e. The number of hydrogen-bond acceptors (Lipinski definition) is 0. The molecule has 4 radical (unpaired) electrons. The van der Waals surface area contributed by atoms with E-state index in [0.717, 1.165) is 58.5 Å². The molecule has 0 heterocycles. The predicted octanol–water partition coefficient (Wildman–Crippen LogP) is 4.45. The van der Waals surface area contributed by atoms with Gasteiger partial charge < -0.3 is 0 Å². The summed E-state index contributed by atoms with van der Waals surface area (Å²) in [5, 5.41) is 4.92. The van der Waals surface area contributed by atoms with Crippen molar-refractivity contribution in [3.05, 3.63) is 45.5 Å². The quantitative estimate of drug-likeness (QED) is 0.487. The van der Waals surface area contributed by atoms with Crippen molar-refractivity contribution in [3.8, 4) is 0 Å². The van der Waals surface area contributed by atoms with Gasteiger partial charge in [0.25, 0.3) is 0 Å². The molecule has 0 bridgehead atoms. The second-order valence-electron chi connectivity index (χ2n) is 7.35. The third-order valence-electron chi connectivity index (χ3n) is 6.27. The monoisotopic (exact) mass is 338 g/mol. The van der Waals surface area contributed by atoms with E-state index in [4.69, 9.17) is 15.7 Å². The summed E-state index contributed by atoms with van der Waals surface area (Å²) in [5.74, 6) is 0. The van der Waals surface area contributed by atoms with E-state index in [1.165, 1.54) is 33.0 Å². The van der Waals surface area contributed by atoms with Crippen LogP contribution in [0.15, 0.2) is 12.1 Å². The fraction of sp³-hybridized carbons (Fsp3) is 0.417. The average molecular weight is 338 g/mol. The maximum absolute atomic E-state index is 6.51. The van der Waals surface area contributed by atoms with Gasteiger partial charge in [-0.1, -0.05) is 49.7 Å². The van der Waals surface area contributed by atoms with Gasteiger partial charge in [0.05, 0.1) is 0 Å². The molecular formula is C24H28B2. The van der Waals surface area contributed by atoms with Gasteiger partial charge in [-0.25, -0.2) is 0 Å². The van der Waals surface area contributed by atoms with E-state index in [2.05, 4.69) is 53.7 Å². The third kappa shape index (κ3) is 2.61. The molecule has 0 amide bonds. The summed E-state index contributed by atoms with van der Waals surface area (Å²) in [6.07, 6.45) is 4.25. The topological polar surface area (TPSA) is 0 Å². The fourth-order valence-electron chi connectivity index (χ4n) is 4.70. The first-order valence-corrected chi connectivity index (χ1v) is 9.97. The lowest BCUT2D eigenvalue weighted by Gasteiger charge is -2.23. The van der Waals surface area contributed by atoms with Crippen LogP contribution in [0.4, 0.5) is 0 Å². The van der Waals surface area contributed by atoms with Gasteiger partial charge in [-0.2, -0.15) is 0 Å². The van der Waals surface area contributed by atoms with Crippen molar-refractivity contribution in [1.29, 1.82) is 0 Å². The van der Waals surface area contributed by atoms with Gasteiger partial charge in [0.1, 0.15) is 15.7 Å². The van der Waals surface area contributed by atoms with Gasteiger partial charge in [-0.05, 0) is 95.5 Å². The Kier molecular flexibility index (Phi) is 5.24. The molecule has 26 heavy (non-hydrogen) atoms. The largest absolute Gasteiger partial charge is 0.115 e. The van der Waals surface area contributed by atoms with Crippen molar-refractivity contribution in [2.24, 2.45) is 0 Å². The Balaban J connectivity index is 2.63. The minimum absolute atomic E-state index is 0.867. The molecule has 3 rings (SSSR count). The first-order chi connectivity index (χ1) is 12.4. The maximum Gasteiger partial charge on any atom is 0.115 e. The van der Waals surface area contributed by atoms with Crippen LogP contribution in [-0.4, -0.2) is 15.7 Å². The second kappa shape index (κ2) is 7.14. The lowest BCUT2D eigenvalue weighted by Crippen LogP contribution is -2.21. The number of hydrogen-bond donors (Lipinski definition) is 0. The normalized spacial score (nSPS) is 11.6. The molecule has 0 unspecified atom stereocenters. The minimum Gasteiger partial charge on any atom is -0.0859 e. The molecular weight excluding hydrogens is 310 g/mol. The number of aryl methyl sites for hydroxylation is 2. The van der Waals surface area contributed by atoms with Gasteiger partial charge in [0.15, 0.2) is 0 Å². The summed E-state index contributed by atoms with van der Waals surface area (Å²) in [6.45, 7) is 13.2. The van der Waals surface area contributed by atoms with E-state index in [0.29, 0.717) is 0 Å². The van der Waals surface area contributed by atoms with E-state index >= 15 is 0 Å². The lowest BCUT2D eigenvalue weighted by atomic mass is 9.74. The first kappa shape index (κ1) is 19.1. The van der Waals surface area contributed by atoms with Crippen molar-refractivity contribution in [1.82, 2.24) is 0 Å². The molecule has 0 atom stereocenters. The molecule has 0 nitrogen and oxygen atoms in total. The highest BCUT2D eigenvalue weighted by Crippen LogP contribution is 2.35. The zero-order chi connectivity index (χ0) is 19.2. The van der Waals surface area contributed by atoms with Crippen LogP contribution in [0.1, 0.15) is 61.1 Å². The Labute approximate surface area is 161 Å². The molecule has 0 aliphatic heterocycles. The standard InChI is InChI=1S/C24H28B2/c1-7-15-16(8-2)18(10-4)20-12-22-21(11-19(20)17(15)9-3)23(25)13(5)14(6)24(22)26/h11-12H,7-10H2,1-6H3. The fourth-order valence-corrected chi connectivity index (χ4v) is 4.70. The van der Waals surface area contributed by atoms with Gasteiger partial charge in [0, 0.05) is 0 Å². The van der Waals surface area contributed by atoms with E-state index < -0.39 is 0 Å². The van der Waals surface area contributed by atoms with Crippen LogP contribution in [0, 0.1) is 13.8 Å². The number of rotatable bonds is 4. The minimum atomic E-state index is 0.867. The van der Waals surface area contributed by atoms with E-state index in [1.54, 1.807) is 0 Å².